The Bertz CT molecular complexity index is 645. The number of hydrogen-bond donors (Lipinski definition) is 4. The van der Waals surface area contributed by atoms with Gasteiger partial charge in [-0.05, 0) is 17.7 Å². The fourth-order valence-electron chi connectivity index (χ4n) is 1.59. The van der Waals surface area contributed by atoms with E-state index in [1.807, 2.05) is 24.3 Å². The van der Waals surface area contributed by atoms with Gasteiger partial charge in [-0.2, -0.15) is 0 Å². The van der Waals surface area contributed by atoms with Gasteiger partial charge in [0.15, 0.2) is 11.1 Å². The Hall–Kier alpha value is -2.61. The molecule has 1 heterocycles. The molecule has 110 valence electrons. The highest BCUT2D eigenvalue weighted by molar-refractivity contribution is 7.19. The normalized spacial score (nSPS) is 9.95. The number of amides is 1. The van der Waals surface area contributed by atoms with Gasteiger partial charge >= 0.3 is 0 Å². The summed E-state index contributed by atoms with van der Waals surface area (Å²) in [5, 5.41) is 7.33. The van der Waals surface area contributed by atoms with E-state index in [0.29, 0.717) is 17.4 Å². The number of nitrogens with two attached hydrogens (primary N) is 2. The number of nitrogens with one attached hydrogen (secondary N) is 2. The SMILES string of the molecule is CC(=O)Nc1ncc(NCc2ccc(N=C(N)N)cc2)s1. The summed E-state index contributed by atoms with van der Waals surface area (Å²) in [6.07, 6.45) is 1.68. The summed E-state index contributed by atoms with van der Waals surface area (Å²) in [5.74, 6) is -0.0951. The minimum Gasteiger partial charge on any atom is -0.371 e. The number of thiazole rings is 1. The van der Waals surface area contributed by atoms with Gasteiger partial charge in [0.1, 0.15) is 5.00 Å². The molecule has 0 aliphatic carbocycles. The summed E-state index contributed by atoms with van der Waals surface area (Å²) >= 11 is 1.38. The Labute approximate surface area is 126 Å². The van der Waals surface area contributed by atoms with E-state index in [1.165, 1.54) is 18.3 Å². The van der Waals surface area contributed by atoms with Gasteiger partial charge < -0.3 is 22.1 Å². The predicted molar refractivity (Wildman–Crippen MR) is 85.7 cm³/mol. The fourth-order valence-corrected chi connectivity index (χ4v) is 2.35. The lowest BCUT2D eigenvalue weighted by Gasteiger charge is -2.03. The molecule has 21 heavy (non-hydrogen) atoms. The maximum atomic E-state index is 10.9. The third kappa shape index (κ3) is 4.77. The van der Waals surface area contributed by atoms with Crippen LogP contribution >= 0.6 is 11.3 Å². The smallest absolute Gasteiger partial charge is 0.223 e. The molecule has 0 spiro atoms. The lowest BCUT2D eigenvalue weighted by Crippen LogP contribution is -2.21. The Morgan fingerprint density at radius 1 is 1.33 bits per heavy atom. The molecule has 0 fully saturated rings. The van der Waals surface area contributed by atoms with Crippen molar-refractivity contribution in [3.8, 4) is 0 Å². The van der Waals surface area contributed by atoms with Gasteiger partial charge in [0.25, 0.3) is 0 Å². The van der Waals surface area contributed by atoms with Crippen LogP contribution in [0.25, 0.3) is 0 Å². The molecule has 2 rings (SSSR count). The van der Waals surface area contributed by atoms with E-state index in [4.69, 9.17) is 11.5 Å². The Balaban J connectivity index is 1.92. The lowest BCUT2D eigenvalue weighted by atomic mass is 10.2. The van der Waals surface area contributed by atoms with Gasteiger partial charge in [-0.1, -0.05) is 23.5 Å². The highest BCUT2D eigenvalue weighted by Gasteiger charge is 2.03. The molecule has 0 bridgehead atoms. The fraction of sp³-hybridized carbons (Fsp3) is 0.154. The molecule has 0 saturated carbocycles. The summed E-state index contributed by atoms with van der Waals surface area (Å²) in [6, 6.07) is 7.55. The van der Waals surface area contributed by atoms with Crippen LogP contribution in [-0.2, 0) is 11.3 Å². The summed E-state index contributed by atoms with van der Waals surface area (Å²) in [4.78, 5) is 19.0. The van der Waals surface area contributed by atoms with Crippen molar-refractivity contribution in [2.45, 2.75) is 13.5 Å². The van der Waals surface area contributed by atoms with Crippen LogP contribution < -0.4 is 22.1 Å². The highest BCUT2D eigenvalue weighted by atomic mass is 32.1. The largest absolute Gasteiger partial charge is 0.371 e. The van der Waals surface area contributed by atoms with Crippen LogP contribution in [0.15, 0.2) is 35.5 Å². The van der Waals surface area contributed by atoms with E-state index in [2.05, 4.69) is 20.6 Å². The zero-order valence-corrected chi connectivity index (χ0v) is 12.3. The van der Waals surface area contributed by atoms with Gasteiger partial charge in [0.05, 0.1) is 11.9 Å². The molecule has 7 nitrogen and oxygen atoms in total. The number of anilines is 2. The van der Waals surface area contributed by atoms with Crippen molar-refractivity contribution < 1.29 is 4.79 Å². The molecule has 0 atom stereocenters. The molecule has 1 aromatic carbocycles. The number of carbonyl (C=O) groups is 1. The molecular formula is C13H16N6OS. The van der Waals surface area contributed by atoms with Crippen molar-refractivity contribution in [2.24, 2.45) is 16.5 Å². The lowest BCUT2D eigenvalue weighted by molar-refractivity contribution is -0.114. The number of aliphatic imine (C=N–C) groups is 1. The molecular weight excluding hydrogens is 288 g/mol. The summed E-state index contributed by atoms with van der Waals surface area (Å²) < 4.78 is 0. The van der Waals surface area contributed by atoms with E-state index in [9.17, 15) is 4.79 Å². The van der Waals surface area contributed by atoms with E-state index >= 15 is 0 Å². The molecule has 0 aliphatic rings. The summed E-state index contributed by atoms with van der Waals surface area (Å²) in [5.41, 5.74) is 12.4. The molecule has 0 saturated heterocycles. The third-order valence-electron chi connectivity index (χ3n) is 2.45. The van der Waals surface area contributed by atoms with Gasteiger partial charge in [0, 0.05) is 13.5 Å². The number of benzene rings is 1. The minimum atomic E-state index is -0.133. The van der Waals surface area contributed by atoms with Gasteiger partial charge in [-0.15, -0.1) is 0 Å². The first-order valence-electron chi connectivity index (χ1n) is 6.19. The van der Waals surface area contributed by atoms with Crippen molar-refractivity contribution in [2.75, 3.05) is 10.6 Å². The Morgan fingerprint density at radius 2 is 2.05 bits per heavy atom. The van der Waals surface area contributed by atoms with Crippen LogP contribution in [0.3, 0.4) is 0 Å². The molecule has 0 unspecified atom stereocenters. The quantitative estimate of drug-likeness (QED) is 0.494. The number of hydrogen-bond acceptors (Lipinski definition) is 5. The van der Waals surface area contributed by atoms with Crippen LogP contribution in [0.4, 0.5) is 15.8 Å². The van der Waals surface area contributed by atoms with Gasteiger partial charge in [-0.25, -0.2) is 9.98 Å². The zero-order chi connectivity index (χ0) is 15.2. The second-order valence-electron chi connectivity index (χ2n) is 4.27. The first kappa shape index (κ1) is 14.8. The molecule has 2 aromatic rings. The highest BCUT2D eigenvalue weighted by Crippen LogP contribution is 2.23. The van der Waals surface area contributed by atoms with Crippen molar-refractivity contribution in [3.63, 3.8) is 0 Å². The van der Waals surface area contributed by atoms with Crippen molar-refractivity contribution in [3.05, 3.63) is 36.0 Å². The Morgan fingerprint density at radius 3 is 2.67 bits per heavy atom. The number of aromatic nitrogens is 1. The summed E-state index contributed by atoms with van der Waals surface area (Å²) in [7, 11) is 0. The average Bonchev–Trinajstić information content (AvgIpc) is 2.84. The third-order valence-corrected chi connectivity index (χ3v) is 3.32. The number of guanidine groups is 1. The second kappa shape index (κ2) is 6.71. The number of nitrogens with zero attached hydrogens (tertiary/aromatic N) is 2. The second-order valence-corrected chi connectivity index (χ2v) is 5.30. The van der Waals surface area contributed by atoms with E-state index < -0.39 is 0 Å². The molecule has 6 N–H and O–H groups in total. The molecule has 8 heteroatoms. The van der Waals surface area contributed by atoms with Crippen molar-refractivity contribution >= 4 is 39.0 Å². The first-order valence-corrected chi connectivity index (χ1v) is 7.00. The van der Waals surface area contributed by atoms with Crippen molar-refractivity contribution in [1.82, 2.24) is 4.98 Å². The topological polar surface area (TPSA) is 118 Å². The van der Waals surface area contributed by atoms with Crippen LogP contribution in [-0.4, -0.2) is 16.9 Å². The Kier molecular flexibility index (Phi) is 4.72. The molecule has 0 radical (unpaired) electrons. The maximum absolute atomic E-state index is 10.9. The molecule has 1 amide bonds. The van der Waals surface area contributed by atoms with Crippen LogP contribution in [0, 0.1) is 0 Å². The first-order chi connectivity index (χ1) is 10.0. The monoisotopic (exact) mass is 304 g/mol. The van der Waals surface area contributed by atoms with E-state index in [0.717, 1.165) is 10.6 Å². The van der Waals surface area contributed by atoms with Crippen molar-refractivity contribution in [1.29, 1.82) is 0 Å². The van der Waals surface area contributed by atoms with Gasteiger partial charge in [0.2, 0.25) is 5.91 Å². The predicted octanol–water partition coefficient (Wildman–Crippen LogP) is 1.62. The number of carbonyl (C=O) groups excluding carboxylic acids is 1. The standard InChI is InChI=1S/C13H16N6OS/c1-8(20)18-13-17-7-11(21-13)16-6-9-2-4-10(5-3-9)19-12(14)15/h2-5,7,16H,6H2,1H3,(H4,14,15,19)(H,17,18,20). The minimum absolute atomic E-state index is 0.0380. The van der Waals surface area contributed by atoms with E-state index in [-0.39, 0.29) is 11.9 Å². The maximum Gasteiger partial charge on any atom is 0.223 e. The van der Waals surface area contributed by atoms with Crippen LogP contribution in [0.2, 0.25) is 0 Å². The van der Waals surface area contributed by atoms with Crippen LogP contribution in [0.1, 0.15) is 12.5 Å². The molecule has 1 aromatic heterocycles. The number of rotatable bonds is 5. The zero-order valence-electron chi connectivity index (χ0n) is 11.5. The van der Waals surface area contributed by atoms with E-state index in [1.54, 1.807) is 6.20 Å². The summed E-state index contributed by atoms with van der Waals surface area (Å²) in [6.45, 7) is 2.09. The average molecular weight is 304 g/mol. The van der Waals surface area contributed by atoms with Gasteiger partial charge in [-0.3, -0.25) is 4.79 Å². The van der Waals surface area contributed by atoms with Crippen LogP contribution in [0.5, 0.6) is 0 Å². The molecule has 0 aliphatic heterocycles.